The van der Waals surface area contributed by atoms with E-state index in [4.69, 9.17) is 5.73 Å². The maximum atomic E-state index is 6.47. The molecule has 0 aromatic heterocycles. The van der Waals surface area contributed by atoms with E-state index >= 15 is 0 Å². The van der Waals surface area contributed by atoms with E-state index in [9.17, 15) is 0 Å². The minimum Gasteiger partial charge on any atom is -1.00 e. The van der Waals surface area contributed by atoms with Crippen LogP contribution in [0.25, 0.3) is 0 Å². The summed E-state index contributed by atoms with van der Waals surface area (Å²) in [4.78, 5) is 0. The Hall–Kier alpha value is -2.41. The molecule has 0 amide bonds. The fourth-order valence-corrected chi connectivity index (χ4v) is 9.02. The normalized spacial score (nSPS) is 12.0. The molecule has 0 saturated heterocycles. The molecule has 0 bridgehead atoms. The molecule has 0 spiro atoms. The van der Waals surface area contributed by atoms with Crippen LogP contribution in [-0.4, -0.2) is 0 Å². The van der Waals surface area contributed by atoms with Crippen molar-refractivity contribution in [2.45, 2.75) is 12.6 Å². The maximum Gasteiger partial charge on any atom is 0.119 e. The number of nitrogen functional groups attached to an aromatic ring is 1. The molecule has 4 aromatic carbocycles. The zero-order valence-electron chi connectivity index (χ0n) is 16.4. The van der Waals surface area contributed by atoms with Crippen molar-refractivity contribution in [3.05, 3.63) is 121 Å². The van der Waals surface area contributed by atoms with Gasteiger partial charge in [-0.2, -0.15) is 0 Å². The number of hydrogen-bond donors (Lipinski definition) is 1. The van der Waals surface area contributed by atoms with Crippen molar-refractivity contribution in [2.75, 3.05) is 5.73 Å². The van der Waals surface area contributed by atoms with Crippen molar-refractivity contribution in [3.63, 3.8) is 0 Å². The molecule has 1 atom stereocenters. The van der Waals surface area contributed by atoms with Gasteiger partial charge in [-0.25, -0.2) is 0 Å². The van der Waals surface area contributed by atoms with Crippen LogP contribution >= 0.6 is 7.26 Å². The summed E-state index contributed by atoms with van der Waals surface area (Å²) < 4.78 is 0. The summed E-state index contributed by atoms with van der Waals surface area (Å²) >= 11 is 0. The van der Waals surface area contributed by atoms with Gasteiger partial charge in [0, 0.05) is 11.3 Å². The SMILES string of the molecule is CC(c1ccccc1N)[P+](c1ccccc1)(c1ccccc1)c1ccccc1.[Br-]. The summed E-state index contributed by atoms with van der Waals surface area (Å²) in [6.07, 6.45) is 0. The van der Waals surface area contributed by atoms with E-state index in [1.165, 1.54) is 21.5 Å². The van der Waals surface area contributed by atoms with Crippen LogP contribution in [-0.2, 0) is 0 Å². The second kappa shape index (κ2) is 9.39. The van der Waals surface area contributed by atoms with Gasteiger partial charge in [0.25, 0.3) is 0 Å². The molecule has 3 heteroatoms. The minimum atomic E-state index is -1.97. The van der Waals surface area contributed by atoms with E-state index in [1.807, 2.05) is 12.1 Å². The highest BCUT2D eigenvalue weighted by atomic mass is 79.9. The lowest BCUT2D eigenvalue weighted by Crippen LogP contribution is -3.00. The van der Waals surface area contributed by atoms with Gasteiger partial charge in [0.05, 0.1) is 0 Å². The predicted octanol–water partition coefficient (Wildman–Crippen LogP) is 2.33. The van der Waals surface area contributed by atoms with Gasteiger partial charge in [-0.1, -0.05) is 72.8 Å². The summed E-state index contributed by atoms with van der Waals surface area (Å²) in [6.45, 7) is 2.34. The van der Waals surface area contributed by atoms with Crippen LogP contribution in [0.2, 0.25) is 0 Å². The monoisotopic (exact) mass is 461 g/mol. The van der Waals surface area contributed by atoms with Crippen LogP contribution in [0, 0.1) is 0 Å². The van der Waals surface area contributed by atoms with Crippen LogP contribution in [0.1, 0.15) is 18.1 Å². The first-order valence-electron chi connectivity index (χ1n) is 9.64. The Morgan fingerprint density at radius 1 is 0.552 bits per heavy atom. The molecular weight excluding hydrogens is 437 g/mol. The molecule has 146 valence electrons. The van der Waals surface area contributed by atoms with E-state index in [1.54, 1.807) is 0 Å². The molecule has 4 rings (SSSR count). The molecular formula is C26H25BrNP. The third-order valence-electron chi connectivity index (χ3n) is 5.52. The molecule has 0 fully saturated rings. The minimum absolute atomic E-state index is 0. The van der Waals surface area contributed by atoms with Crippen LogP contribution in [0.3, 0.4) is 0 Å². The number of halogens is 1. The first kappa shape index (κ1) is 21.3. The van der Waals surface area contributed by atoms with Crippen LogP contribution in [0.4, 0.5) is 5.69 Å². The second-order valence-corrected chi connectivity index (χ2v) is 10.8. The largest absolute Gasteiger partial charge is 1.00 e. The Morgan fingerprint density at radius 2 is 0.897 bits per heavy atom. The smallest absolute Gasteiger partial charge is 0.119 e. The quantitative estimate of drug-likeness (QED) is 0.358. The van der Waals surface area contributed by atoms with Gasteiger partial charge >= 0.3 is 0 Å². The van der Waals surface area contributed by atoms with Crippen molar-refractivity contribution in [3.8, 4) is 0 Å². The molecule has 0 aliphatic carbocycles. The summed E-state index contributed by atoms with van der Waals surface area (Å²) in [5, 5.41) is 4.13. The number of hydrogen-bond acceptors (Lipinski definition) is 1. The lowest BCUT2D eigenvalue weighted by Gasteiger charge is -2.33. The van der Waals surface area contributed by atoms with Crippen molar-refractivity contribution >= 4 is 28.9 Å². The van der Waals surface area contributed by atoms with Crippen molar-refractivity contribution < 1.29 is 17.0 Å². The standard InChI is InChI=1S/C26H25NP.BrH/c1-21(25-19-11-12-20-26(25)27)28(22-13-5-2-6-14-22,23-15-7-3-8-16-23)24-17-9-4-10-18-24;/h2-21H,27H2,1H3;1H/q+1;/p-1. The molecule has 1 nitrogen and oxygen atoms in total. The van der Waals surface area contributed by atoms with Gasteiger partial charge in [-0.15, -0.1) is 0 Å². The van der Waals surface area contributed by atoms with Gasteiger partial charge in [0.2, 0.25) is 0 Å². The van der Waals surface area contributed by atoms with E-state index in [2.05, 4.69) is 110 Å². The van der Waals surface area contributed by atoms with Gasteiger partial charge in [0.1, 0.15) is 28.8 Å². The summed E-state index contributed by atoms with van der Waals surface area (Å²) in [7, 11) is -1.97. The molecule has 0 aliphatic rings. The summed E-state index contributed by atoms with van der Waals surface area (Å²) in [6, 6.07) is 41.2. The third kappa shape index (κ3) is 3.88. The average Bonchev–Trinajstić information content (AvgIpc) is 2.77. The van der Waals surface area contributed by atoms with Crippen LogP contribution < -0.4 is 38.6 Å². The summed E-state index contributed by atoms with van der Waals surface area (Å²) in [5.74, 6) is 0. The van der Waals surface area contributed by atoms with E-state index in [0.717, 1.165) is 5.69 Å². The fourth-order valence-electron chi connectivity index (χ4n) is 4.21. The highest BCUT2D eigenvalue weighted by Crippen LogP contribution is 2.67. The number of para-hydroxylation sites is 1. The number of benzene rings is 4. The van der Waals surface area contributed by atoms with E-state index in [-0.39, 0.29) is 22.6 Å². The molecule has 29 heavy (non-hydrogen) atoms. The first-order valence-corrected chi connectivity index (χ1v) is 11.5. The molecule has 1 unspecified atom stereocenters. The fraction of sp³-hybridized carbons (Fsp3) is 0.0769. The number of rotatable bonds is 5. The molecule has 0 aliphatic heterocycles. The molecule has 4 aromatic rings. The van der Waals surface area contributed by atoms with Crippen LogP contribution in [0.15, 0.2) is 115 Å². The van der Waals surface area contributed by atoms with Crippen LogP contribution in [0.5, 0.6) is 0 Å². The second-order valence-electron chi connectivity index (χ2n) is 7.03. The number of anilines is 1. The van der Waals surface area contributed by atoms with E-state index in [0.29, 0.717) is 0 Å². The average molecular weight is 462 g/mol. The van der Waals surface area contributed by atoms with Gasteiger partial charge < -0.3 is 22.7 Å². The highest BCUT2D eigenvalue weighted by Gasteiger charge is 2.51. The van der Waals surface area contributed by atoms with Gasteiger partial charge in [0.15, 0.2) is 0 Å². The van der Waals surface area contributed by atoms with Crippen molar-refractivity contribution in [2.24, 2.45) is 0 Å². The number of nitrogens with two attached hydrogens (primary N) is 1. The molecule has 0 radical (unpaired) electrons. The lowest BCUT2D eigenvalue weighted by atomic mass is 10.1. The Morgan fingerprint density at radius 3 is 1.28 bits per heavy atom. The molecule has 0 saturated carbocycles. The molecule has 2 N–H and O–H groups in total. The zero-order valence-corrected chi connectivity index (χ0v) is 18.9. The summed E-state index contributed by atoms with van der Waals surface area (Å²) in [5.41, 5.74) is 8.80. The topological polar surface area (TPSA) is 26.0 Å². The Labute approximate surface area is 184 Å². The Bertz CT molecular complexity index is 939. The Kier molecular flexibility index (Phi) is 6.90. The lowest BCUT2D eigenvalue weighted by molar-refractivity contribution is -0.00000546. The third-order valence-corrected chi connectivity index (χ3v) is 10.3. The highest BCUT2D eigenvalue weighted by molar-refractivity contribution is 7.96. The van der Waals surface area contributed by atoms with Crippen molar-refractivity contribution in [1.82, 2.24) is 0 Å². The zero-order chi connectivity index (χ0) is 19.4. The first-order chi connectivity index (χ1) is 13.7. The van der Waals surface area contributed by atoms with Gasteiger partial charge in [-0.05, 0) is 49.4 Å². The predicted molar refractivity (Wildman–Crippen MR) is 124 cm³/mol. The van der Waals surface area contributed by atoms with E-state index < -0.39 is 7.26 Å². The molecule has 0 heterocycles. The van der Waals surface area contributed by atoms with Crippen molar-refractivity contribution in [1.29, 1.82) is 0 Å². The van der Waals surface area contributed by atoms with Gasteiger partial charge in [-0.3, -0.25) is 0 Å². The Balaban J connectivity index is 0.00000240. The maximum absolute atomic E-state index is 6.47.